The number of anilines is 1. The lowest BCUT2D eigenvalue weighted by atomic mass is 9.94. The van der Waals surface area contributed by atoms with Crippen molar-refractivity contribution in [3.63, 3.8) is 0 Å². The summed E-state index contributed by atoms with van der Waals surface area (Å²) in [5.41, 5.74) is -4.70. The molecule has 2 amide bonds. The molecule has 0 aromatic carbocycles. The van der Waals surface area contributed by atoms with Crippen LogP contribution in [0, 0.1) is 5.82 Å². The van der Waals surface area contributed by atoms with Crippen LogP contribution in [0.3, 0.4) is 0 Å². The van der Waals surface area contributed by atoms with Gasteiger partial charge in [-0.05, 0) is 72.4 Å². The first kappa shape index (κ1) is 30.7. The maximum absolute atomic E-state index is 15.9. The van der Waals surface area contributed by atoms with Gasteiger partial charge in [0, 0.05) is 37.0 Å². The Hall–Kier alpha value is -3.74. The number of halogens is 4. The van der Waals surface area contributed by atoms with E-state index in [9.17, 15) is 27.9 Å². The Morgan fingerprint density at radius 2 is 1.70 bits per heavy atom. The third kappa shape index (κ3) is 6.04. The minimum atomic E-state index is -4.50. The van der Waals surface area contributed by atoms with E-state index in [2.05, 4.69) is 15.3 Å². The van der Waals surface area contributed by atoms with Crippen LogP contribution in [0.2, 0.25) is 0 Å². The Morgan fingerprint density at radius 1 is 1.05 bits per heavy atom. The van der Waals surface area contributed by atoms with Gasteiger partial charge in [0.2, 0.25) is 0 Å². The van der Waals surface area contributed by atoms with Crippen LogP contribution >= 0.6 is 0 Å². The molecule has 0 spiro atoms. The van der Waals surface area contributed by atoms with Crippen molar-refractivity contribution in [1.82, 2.24) is 19.3 Å². The highest BCUT2D eigenvalue weighted by molar-refractivity contribution is 6.03. The van der Waals surface area contributed by atoms with Gasteiger partial charge in [-0.3, -0.25) is 4.79 Å². The van der Waals surface area contributed by atoms with Crippen molar-refractivity contribution in [1.29, 1.82) is 0 Å². The summed E-state index contributed by atoms with van der Waals surface area (Å²) in [6.45, 7) is 8.98. The lowest BCUT2D eigenvalue weighted by Crippen LogP contribution is -2.41. The maximum atomic E-state index is 15.9. The molecule has 1 aliphatic carbocycles. The number of nitrogens with zero attached hydrogens (tertiary/aromatic N) is 4. The molecule has 0 unspecified atom stereocenters. The van der Waals surface area contributed by atoms with Gasteiger partial charge in [-0.1, -0.05) is 6.07 Å². The fourth-order valence-corrected chi connectivity index (χ4v) is 5.50. The molecule has 3 aromatic heterocycles. The molecule has 9 nitrogen and oxygen atoms in total. The van der Waals surface area contributed by atoms with Crippen LogP contribution in [-0.4, -0.2) is 61.2 Å². The van der Waals surface area contributed by atoms with Gasteiger partial charge in [-0.2, -0.15) is 13.2 Å². The van der Waals surface area contributed by atoms with E-state index in [0.717, 1.165) is 0 Å². The smallest absolute Gasteiger partial charge is 0.410 e. The standard InChI is InChI=1S/C30H35F4N5O4/c1-27(2,3)43-26(41)38-13-9-17(10-14-38)19-15-39-16-20(22(28(4,5)42)23(31)24(39)36-19)37-25(40)18-7-6-8-21(35-18)29(11-12-29)30(32,33)34/h6-8,15-17,42H,9-14H2,1-5H3,(H,37,40). The van der Waals surface area contributed by atoms with Crippen molar-refractivity contribution in [3.05, 3.63) is 59.1 Å². The summed E-state index contributed by atoms with van der Waals surface area (Å²) in [7, 11) is 0. The van der Waals surface area contributed by atoms with Crippen LogP contribution in [0.25, 0.3) is 5.65 Å². The van der Waals surface area contributed by atoms with Gasteiger partial charge >= 0.3 is 12.3 Å². The second-order valence-corrected chi connectivity index (χ2v) is 12.9. The summed E-state index contributed by atoms with van der Waals surface area (Å²) >= 11 is 0. The number of hydrogen-bond acceptors (Lipinski definition) is 6. The molecule has 4 heterocycles. The largest absolute Gasteiger partial charge is 0.444 e. The first-order valence-electron chi connectivity index (χ1n) is 14.2. The number of piperidine rings is 1. The van der Waals surface area contributed by atoms with Crippen molar-refractivity contribution in [2.75, 3.05) is 18.4 Å². The summed E-state index contributed by atoms with van der Waals surface area (Å²) < 4.78 is 63.7. The van der Waals surface area contributed by atoms with Crippen LogP contribution in [0.15, 0.2) is 30.6 Å². The van der Waals surface area contributed by atoms with Gasteiger partial charge in [0.05, 0.1) is 22.7 Å². The fraction of sp³-hybridized carbons (Fsp3) is 0.533. The van der Waals surface area contributed by atoms with Crippen LogP contribution in [0.5, 0.6) is 0 Å². The van der Waals surface area contributed by atoms with Gasteiger partial charge in [0.25, 0.3) is 5.91 Å². The second-order valence-electron chi connectivity index (χ2n) is 12.9. The van der Waals surface area contributed by atoms with Crippen LogP contribution in [0.1, 0.15) is 93.7 Å². The van der Waals surface area contributed by atoms with Crippen molar-refractivity contribution in [2.45, 2.75) is 89.0 Å². The number of nitrogens with one attached hydrogen (secondary N) is 1. The van der Waals surface area contributed by atoms with Gasteiger partial charge in [-0.15, -0.1) is 0 Å². The molecule has 13 heteroatoms. The molecule has 2 N–H and O–H groups in total. The van der Waals surface area contributed by atoms with E-state index in [1.165, 1.54) is 42.6 Å². The molecular formula is C30H35F4N5O4. The molecule has 2 aliphatic rings. The third-order valence-corrected chi connectivity index (χ3v) is 7.89. The van der Waals surface area contributed by atoms with E-state index in [1.807, 2.05) is 0 Å². The van der Waals surface area contributed by atoms with Gasteiger partial charge < -0.3 is 24.5 Å². The van der Waals surface area contributed by atoms with E-state index < -0.39 is 40.6 Å². The molecule has 0 atom stereocenters. The molecular weight excluding hydrogens is 570 g/mol. The van der Waals surface area contributed by atoms with E-state index >= 15 is 4.39 Å². The Bertz CT molecular complexity index is 1560. The van der Waals surface area contributed by atoms with Crippen molar-refractivity contribution in [3.8, 4) is 0 Å². The highest BCUT2D eigenvalue weighted by atomic mass is 19.4. The zero-order valence-electron chi connectivity index (χ0n) is 24.7. The minimum Gasteiger partial charge on any atom is -0.444 e. The molecule has 43 heavy (non-hydrogen) atoms. The predicted molar refractivity (Wildman–Crippen MR) is 149 cm³/mol. The van der Waals surface area contributed by atoms with Gasteiger partial charge in [0.15, 0.2) is 11.5 Å². The van der Waals surface area contributed by atoms with Gasteiger partial charge in [-0.25, -0.2) is 19.2 Å². The lowest BCUT2D eigenvalue weighted by Gasteiger charge is -2.32. The summed E-state index contributed by atoms with van der Waals surface area (Å²) in [5.74, 6) is -1.77. The molecule has 1 saturated carbocycles. The van der Waals surface area contributed by atoms with E-state index in [-0.39, 0.29) is 47.0 Å². The fourth-order valence-electron chi connectivity index (χ4n) is 5.50. The number of likely N-dealkylation sites (tertiary alicyclic amines) is 1. The number of imidazole rings is 1. The Morgan fingerprint density at radius 3 is 2.26 bits per heavy atom. The number of ether oxygens (including phenoxy) is 1. The molecule has 0 bridgehead atoms. The van der Waals surface area contributed by atoms with E-state index in [4.69, 9.17) is 4.74 Å². The van der Waals surface area contributed by atoms with Crippen LogP contribution in [-0.2, 0) is 15.8 Å². The molecule has 0 radical (unpaired) electrons. The second kappa shape index (κ2) is 10.5. The lowest BCUT2D eigenvalue weighted by molar-refractivity contribution is -0.161. The number of alkyl halides is 3. The molecule has 2 fully saturated rings. The number of carbonyl (C=O) groups is 2. The number of hydrogen-bond donors (Lipinski definition) is 2. The monoisotopic (exact) mass is 605 g/mol. The first-order valence-corrected chi connectivity index (χ1v) is 14.2. The Labute approximate surface area is 246 Å². The van der Waals surface area contributed by atoms with Crippen molar-refractivity contribution < 1.29 is 37.0 Å². The molecule has 1 aliphatic heterocycles. The quantitative estimate of drug-likeness (QED) is 0.343. The molecule has 1 saturated heterocycles. The number of aromatic nitrogens is 3. The predicted octanol–water partition coefficient (Wildman–Crippen LogP) is 6.06. The van der Waals surface area contributed by atoms with E-state index in [0.29, 0.717) is 31.6 Å². The highest BCUT2D eigenvalue weighted by Gasteiger charge is 2.65. The van der Waals surface area contributed by atoms with Gasteiger partial charge in [0.1, 0.15) is 16.7 Å². The number of amides is 2. The number of fused-ring (bicyclic) bond motifs is 1. The molecule has 232 valence electrons. The summed E-state index contributed by atoms with van der Waals surface area (Å²) in [5, 5.41) is 13.4. The summed E-state index contributed by atoms with van der Waals surface area (Å²) in [6.07, 6.45) is -0.907. The Kier molecular flexibility index (Phi) is 7.47. The zero-order chi connectivity index (χ0) is 31.5. The SMILES string of the molecule is CC(C)(C)OC(=O)N1CCC(c2cn3cc(NC(=O)c4cccc(C5(C(F)(F)F)CC5)n4)c(C(C)(C)O)c(F)c3n2)CC1. The highest BCUT2D eigenvalue weighted by Crippen LogP contribution is 2.58. The number of pyridine rings is 2. The van der Waals surface area contributed by atoms with Crippen molar-refractivity contribution >= 4 is 23.3 Å². The normalized spacial score (nSPS) is 17.7. The summed E-state index contributed by atoms with van der Waals surface area (Å²) in [6, 6.07) is 3.86. The zero-order valence-corrected chi connectivity index (χ0v) is 24.7. The average molecular weight is 606 g/mol. The van der Waals surface area contributed by atoms with Crippen LogP contribution in [0.4, 0.5) is 28.0 Å². The average Bonchev–Trinajstić information content (AvgIpc) is 3.61. The minimum absolute atomic E-state index is 0.0549. The van der Waals surface area contributed by atoms with Crippen molar-refractivity contribution in [2.24, 2.45) is 0 Å². The third-order valence-electron chi connectivity index (χ3n) is 7.89. The summed E-state index contributed by atoms with van der Waals surface area (Å²) in [4.78, 5) is 35.8. The van der Waals surface area contributed by atoms with E-state index in [1.54, 1.807) is 31.9 Å². The Balaban J connectivity index is 1.41. The number of aliphatic hydroxyl groups is 1. The number of rotatable bonds is 5. The maximum Gasteiger partial charge on any atom is 0.410 e. The molecule has 3 aromatic rings. The molecule has 5 rings (SSSR count). The topological polar surface area (TPSA) is 109 Å². The van der Waals surface area contributed by atoms with Crippen LogP contribution < -0.4 is 5.32 Å². The number of carbonyl (C=O) groups excluding carboxylic acids is 2. The first-order chi connectivity index (χ1) is 19.9.